The summed E-state index contributed by atoms with van der Waals surface area (Å²) in [5.41, 5.74) is -0.874. The molecule has 1 atom stereocenters. The fourth-order valence-corrected chi connectivity index (χ4v) is 4.41. The maximum Gasteiger partial charge on any atom is 0.329 e. The fraction of sp³-hybridized carbons (Fsp3) is 0.542. The molecule has 1 aliphatic carbocycles. The van der Waals surface area contributed by atoms with Crippen molar-refractivity contribution in [2.75, 3.05) is 6.54 Å². The number of nitrogens with zero attached hydrogens (tertiary/aromatic N) is 1. The molecule has 0 radical (unpaired) electrons. The van der Waals surface area contributed by atoms with Gasteiger partial charge in [-0.3, -0.25) is 23.7 Å². The van der Waals surface area contributed by atoms with Crippen molar-refractivity contribution in [3.8, 4) is 0 Å². The van der Waals surface area contributed by atoms with Crippen molar-refractivity contribution >= 4 is 28.7 Å². The van der Waals surface area contributed by atoms with Gasteiger partial charge in [-0.25, -0.2) is 4.79 Å². The molecule has 0 spiro atoms. The van der Waals surface area contributed by atoms with Crippen LogP contribution in [0.3, 0.4) is 0 Å². The van der Waals surface area contributed by atoms with Crippen LogP contribution in [0.15, 0.2) is 33.9 Å². The molecule has 1 unspecified atom stereocenters. The number of amides is 2. The van der Waals surface area contributed by atoms with Crippen LogP contribution in [0.1, 0.15) is 46.0 Å². The number of hydrogen-bond acceptors (Lipinski definition) is 5. The molecule has 10 nitrogen and oxygen atoms in total. The van der Waals surface area contributed by atoms with E-state index in [-0.39, 0.29) is 23.7 Å². The van der Waals surface area contributed by atoms with Crippen LogP contribution in [0.4, 0.5) is 0 Å². The van der Waals surface area contributed by atoms with Gasteiger partial charge in [-0.2, -0.15) is 0 Å². The van der Waals surface area contributed by atoms with Crippen LogP contribution in [-0.4, -0.2) is 45.0 Å². The molecule has 1 aliphatic rings. The molecule has 1 saturated carbocycles. The Kier molecular flexibility index (Phi) is 8.25. The molecule has 1 aromatic carbocycles. The quantitative estimate of drug-likeness (QED) is 0.431. The Hall–Kier alpha value is -3.43. The minimum absolute atomic E-state index is 0.119. The Bertz CT molecular complexity index is 1160. The maximum absolute atomic E-state index is 12.8. The smallest absolute Gasteiger partial charge is 0.329 e. The van der Waals surface area contributed by atoms with Gasteiger partial charge in [0.05, 0.1) is 16.8 Å². The highest BCUT2D eigenvalue weighted by Crippen LogP contribution is 2.28. The number of rotatable bonds is 9. The van der Waals surface area contributed by atoms with Crippen molar-refractivity contribution in [2.45, 2.75) is 58.5 Å². The van der Waals surface area contributed by atoms with E-state index in [1.54, 1.807) is 24.3 Å². The molecule has 2 amide bonds. The number of aromatic amines is 1. The molecule has 2 aromatic rings. The first-order valence-corrected chi connectivity index (χ1v) is 11.7. The summed E-state index contributed by atoms with van der Waals surface area (Å²) in [5.74, 6) is -1.71. The van der Waals surface area contributed by atoms with Gasteiger partial charge in [0.2, 0.25) is 11.8 Å². The van der Waals surface area contributed by atoms with E-state index in [0.717, 1.165) is 17.4 Å². The molecular weight excluding hydrogens is 440 g/mol. The largest absolute Gasteiger partial charge is 0.481 e. The molecule has 0 bridgehead atoms. The first kappa shape index (κ1) is 25.2. The van der Waals surface area contributed by atoms with Crippen molar-refractivity contribution < 1.29 is 19.5 Å². The number of carboxylic acid groups (broad SMARTS) is 1. The molecule has 0 aliphatic heterocycles. The van der Waals surface area contributed by atoms with Gasteiger partial charge in [0.25, 0.3) is 5.56 Å². The lowest BCUT2D eigenvalue weighted by molar-refractivity contribution is -0.143. The molecule has 1 aromatic heterocycles. The van der Waals surface area contributed by atoms with Gasteiger partial charge >= 0.3 is 11.7 Å². The lowest BCUT2D eigenvalue weighted by atomic mass is 9.82. The number of para-hydroxylation sites is 1. The van der Waals surface area contributed by atoms with Crippen molar-refractivity contribution in [3.05, 3.63) is 45.1 Å². The molecule has 1 fully saturated rings. The number of H-pyrrole nitrogens is 1. The minimum atomic E-state index is -0.807. The number of fused-ring (bicyclic) bond motifs is 1. The minimum Gasteiger partial charge on any atom is -0.481 e. The highest BCUT2D eigenvalue weighted by Gasteiger charge is 2.28. The van der Waals surface area contributed by atoms with E-state index in [9.17, 15) is 24.0 Å². The summed E-state index contributed by atoms with van der Waals surface area (Å²) in [6.07, 6.45) is 3.04. The molecule has 10 heteroatoms. The number of carbonyl (C=O) groups is 3. The van der Waals surface area contributed by atoms with Crippen LogP contribution in [0.2, 0.25) is 0 Å². The number of carboxylic acids is 1. The van der Waals surface area contributed by atoms with E-state index in [1.165, 1.54) is 0 Å². The highest BCUT2D eigenvalue weighted by molar-refractivity contribution is 5.87. The number of aliphatic carboxylic acids is 1. The number of hydrogen-bond donors (Lipinski definition) is 4. The number of carbonyl (C=O) groups excluding carboxylic acids is 2. The number of nitrogens with one attached hydrogen (secondary N) is 3. The Balaban J connectivity index is 1.62. The molecule has 3 rings (SSSR count). The average molecular weight is 473 g/mol. The maximum atomic E-state index is 12.8. The zero-order valence-corrected chi connectivity index (χ0v) is 19.5. The van der Waals surface area contributed by atoms with Gasteiger partial charge in [-0.15, -0.1) is 0 Å². The second-order valence-electron chi connectivity index (χ2n) is 9.42. The van der Waals surface area contributed by atoms with Crippen LogP contribution in [-0.2, 0) is 20.9 Å². The monoisotopic (exact) mass is 472 g/mol. The van der Waals surface area contributed by atoms with Crippen LogP contribution in [0, 0.1) is 17.8 Å². The summed E-state index contributed by atoms with van der Waals surface area (Å²) in [4.78, 5) is 64.2. The number of benzene rings is 1. The molecule has 4 N–H and O–H groups in total. The summed E-state index contributed by atoms with van der Waals surface area (Å²) in [7, 11) is 0. The Morgan fingerprint density at radius 2 is 1.79 bits per heavy atom. The van der Waals surface area contributed by atoms with E-state index < -0.39 is 35.7 Å². The molecule has 0 saturated heterocycles. The predicted molar refractivity (Wildman–Crippen MR) is 126 cm³/mol. The van der Waals surface area contributed by atoms with Crippen molar-refractivity contribution in [2.24, 2.45) is 17.8 Å². The van der Waals surface area contributed by atoms with Gasteiger partial charge in [0.15, 0.2) is 0 Å². The zero-order valence-electron chi connectivity index (χ0n) is 19.5. The summed E-state index contributed by atoms with van der Waals surface area (Å²) < 4.78 is 0.822. The molecular formula is C24H32N4O6. The first-order valence-electron chi connectivity index (χ1n) is 11.7. The van der Waals surface area contributed by atoms with Crippen LogP contribution >= 0.6 is 0 Å². The van der Waals surface area contributed by atoms with Gasteiger partial charge in [0, 0.05) is 6.54 Å². The third-order valence-corrected chi connectivity index (χ3v) is 6.31. The average Bonchev–Trinajstić information content (AvgIpc) is 2.79. The fourth-order valence-electron chi connectivity index (χ4n) is 4.41. The van der Waals surface area contributed by atoms with Crippen molar-refractivity contribution in [3.63, 3.8) is 0 Å². The zero-order chi connectivity index (χ0) is 24.8. The van der Waals surface area contributed by atoms with E-state index in [1.807, 2.05) is 13.8 Å². The Morgan fingerprint density at radius 1 is 1.12 bits per heavy atom. The van der Waals surface area contributed by atoms with Gasteiger partial charge in [-0.05, 0) is 56.1 Å². The predicted octanol–water partition coefficient (Wildman–Crippen LogP) is 1.23. The second-order valence-corrected chi connectivity index (χ2v) is 9.42. The summed E-state index contributed by atoms with van der Waals surface area (Å²) in [5, 5.41) is 15.0. The van der Waals surface area contributed by atoms with Gasteiger partial charge < -0.3 is 20.7 Å². The number of aromatic nitrogens is 2. The van der Waals surface area contributed by atoms with Crippen LogP contribution < -0.4 is 21.9 Å². The van der Waals surface area contributed by atoms with E-state index in [2.05, 4.69) is 15.6 Å². The lowest BCUT2D eigenvalue weighted by Crippen LogP contribution is -2.50. The van der Waals surface area contributed by atoms with Gasteiger partial charge in [-0.1, -0.05) is 26.0 Å². The third kappa shape index (κ3) is 6.33. The van der Waals surface area contributed by atoms with E-state index in [0.29, 0.717) is 36.7 Å². The SMILES string of the molecule is CC(C)CC(NC(=O)Cn1c(=O)[nH]c2ccccc2c1=O)C(=O)NCC1CCC(C(=O)O)CC1. The molecule has 1 heterocycles. The van der Waals surface area contributed by atoms with Gasteiger partial charge in [0.1, 0.15) is 12.6 Å². The summed E-state index contributed by atoms with van der Waals surface area (Å²) in [6.45, 7) is 3.77. The normalized spacial score (nSPS) is 19.0. The standard InChI is InChI=1S/C24H32N4O6/c1-14(2)11-19(21(30)25-12-15-7-9-16(10-8-15)23(32)33)26-20(29)13-28-22(31)17-5-3-4-6-18(17)27-24(28)34/h3-6,14-16,19H,7-13H2,1-2H3,(H,25,30)(H,26,29)(H,27,34)(H,32,33). The first-order chi connectivity index (χ1) is 16.2. The van der Waals surface area contributed by atoms with Crippen LogP contribution in [0.25, 0.3) is 10.9 Å². The molecule has 184 valence electrons. The third-order valence-electron chi connectivity index (χ3n) is 6.31. The van der Waals surface area contributed by atoms with Crippen molar-refractivity contribution in [1.82, 2.24) is 20.2 Å². The van der Waals surface area contributed by atoms with Crippen LogP contribution in [0.5, 0.6) is 0 Å². The van der Waals surface area contributed by atoms with E-state index in [4.69, 9.17) is 5.11 Å². The summed E-state index contributed by atoms with van der Waals surface area (Å²) in [6, 6.07) is 5.74. The van der Waals surface area contributed by atoms with Crippen molar-refractivity contribution in [1.29, 1.82) is 0 Å². The lowest BCUT2D eigenvalue weighted by Gasteiger charge is -2.27. The second kappa shape index (κ2) is 11.1. The highest BCUT2D eigenvalue weighted by atomic mass is 16.4. The summed E-state index contributed by atoms with van der Waals surface area (Å²) >= 11 is 0. The topological polar surface area (TPSA) is 150 Å². The Labute approximate surface area is 196 Å². The van der Waals surface area contributed by atoms with E-state index >= 15 is 0 Å². The Morgan fingerprint density at radius 3 is 2.44 bits per heavy atom. The molecule has 34 heavy (non-hydrogen) atoms.